The molecule has 180 valence electrons. The second kappa shape index (κ2) is 9.84. The van der Waals surface area contributed by atoms with Crippen molar-refractivity contribution < 1.29 is 13.2 Å². The molecule has 35 heavy (non-hydrogen) atoms. The number of sulfone groups is 1. The molecule has 1 aliphatic carbocycles. The lowest BCUT2D eigenvalue weighted by atomic mass is 9.79. The van der Waals surface area contributed by atoms with Gasteiger partial charge in [-0.1, -0.05) is 37.5 Å². The first kappa shape index (κ1) is 24.4. The van der Waals surface area contributed by atoms with Crippen LogP contribution < -0.4 is 10.6 Å². The van der Waals surface area contributed by atoms with E-state index >= 15 is 0 Å². The number of benzene rings is 2. The Labute approximate surface area is 205 Å². The maximum Gasteiger partial charge on any atom is 0.319 e. The van der Waals surface area contributed by atoms with Crippen molar-refractivity contribution in [3.8, 4) is 17.2 Å². The van der Waals surface area contributed by atoms with E-state index in [2.05, 4.69) is 20.6 Å². The third-order valence-electron chi connectivity index (χ3n) is 6.38. The highest BCUT2D eigenvalue weighted by Crippen LogP contribution is 2.36. The molecule has 1 aliphatic rings. The van der Waals surface area contributed by atoms with E-state index < -0.39 is 15.4 Å². The maximum absolute atomic E-state index is 13.0. The smallest absolute Gasteiger partial charge is 0.319 e. The molecule has 3 aromatic rings. The van der Waals surface area contributed by atoms with E-state index in [1.807, 2.05) is 31.2 Å². The van der Waals surface area contributed by atoms with Gasteiger partial charge < -0.3 is 10.6 Å². The molecule has 1 fully saturated rings. The maximum atomic E-state index is 13.0. The number of hydrogen-bond acceptors (Lipinski definition) is 6. The molecule has 2 N–H and O–H groups in total. The van der Waals surface area contributed by atoms with E-state index in [4.69, 9.17) is 0 Å². The third-order valence-corrected chi connectivity index (χ3v) is 7.51. The van der Waals surface area contributed by atoms with Crippen molar-refractivity contribution in [3.63, 3.8) is 0 Å². The Morgan fingerprint density at radius 1 is 1.06 bits per heavy atom. The molecular formula is C26H27N5O3S. The summed E-state index contributed by atoms with van der Waals surface area (Å²) < 4.78 is 23.4. The summed E-state index contributed by atoms with van der Waals surface area (Å²) in [6, 6.07) is 15.7. The standard InChI is InChI=1S/C26H27N5O3S/c1-18-16-20(8-11-22(18)19-6-9-21(10-7-19)35(2,33)34)29-25(32)31-26(13-4-3-5-14-26)23-12-15-28-24(17-27)30-23/h6-12,15-16H,3-5,13-14H2,1-2H3,(H2,29,31,32). The van der Waals surface area contributed by atoms with Gasteiger partial charge in [0.05, 0.1) is 16.1 Å². The lowest BCUT2D eigenvalue weighted by Crippen LogP contribution is -2.49. The number of urea groups is 1. The number of carbonyl (C=O) groups excluding carboxylic acids is 1. The van der Waals surface area contributed by atoms with Crippen LogP contribution in [0.2, 0.25) is 0 Å². The number of aryl methyl sites for hydroxylation is 1. The fraction of sp³-hybridized carbons (Fsp3) is 0.308. The molecule has 2 amide bonds. The third kappa shape index (κ3) is 5.49. The predicted octanol–water partition coefficient (Wildman–Crippen LogP) is 4.71. The normalized spacial score (nSPS) is 15.1. The number of nitrogens with one attached hydrogen (secondary N) is 2. The molecule has 4 rings (SSSR count). The first-order valence-corrected chi connectivity index (χ1v) is 13.3. The Bertz CT molecular complexity index is 1390. The van der Waals surface area contributed by atoms with Crippen LogP contribution in [0.4, 0.5) is 10.5 Å². The second-order valence-electron chi connectivity index (χ2n) is 8.93. The minimum absolute atomic E-state index is 0.0884. The van der Waals surface area contributed by atoms with Crippen LogP contribution in [0.3, 0.4) is 0 Å². The van der Waals surface area contributed by atoms with Gasteiger partial charge >= 0.3 is 6.03 Å². The summed E-state index contributed by atoms with van der Waals surface area (Å²) in [5.74, 6) is 0.0884. The lowest BCUT2D eigenvalue weighted by Gasteiger charge is -2.37. The molecule has 2 aromatic carbocycles. The van der Waals surface area contributed by atoms with E-state index in [1.165, 1.54) is 6.26 Å². The van der Waals surface area contributed by atoms with Gasteiger partial charge in [-0.25, -0.2) is 23.2 Å². The SMILES string of the molecule is Cc1cc(NC(=O)NC2(c3ccnc(C#N)n3)CCCCC2)ccc1-c1ccc(S(C)(=O)=O)cc1. The number of nitriles is 1. The van der Waals surface area contributed by atoms with Crippen molar-refractivity contribution in [3.05, 3.63) is 71.8 Å². The van der Waals surface area contributed by atoms with Crippen LogP contribution in [-0.4, -0.2) is 30.7 Å². The number of rotatable bonds is 5. The minimum Gasteiger partial charge on any atom is -0.327 e. The number of nitrogens with zero attached hydrogens (tertiary/aromatic N) is 3. The summed E-state index contributed by atoms with van der Waals surface area (Å²) in [6.45, 7) is 1.94. The van der Waals surface area contributed by atoms with Crippen molar-refractivity contribution in [2.45, 2.75) is 49.5 Å². The van der Waals surface area contributed by atoms with Crippen LogP contribution in [0, 0.1) is 18.3 Å². The zero-order valence-electron chi connectivity index (χ0n) is 19.7. The molecule has 0 unspecified atom stereocenters. The predicted molar refractivity (Wildman–Crippen MR) is 133 cm³/mol. The average Bonchev–Trinajstić information content (AvgIpc) is 2.84. The van der Waals surface area contributed by atoms with Crippen molar-refractivity contribution in [2.75, 3.05) is 11.6 Å². The molecule has 0 saturated heterocycles. The second-order valence-corrected chi connectivity index (χ2v) is 10.9. The van der Waals surface area contributed by atoms with E-state index in [0.29, 0.717) is 11.4 Å². The molecule has 9 heteroatoms. The van der Waals surface area contributed by atoms with Crippen molar-refractivity contribution >= 4 is 21.6 Å². The number of anilines is 1. The Balaban J connectivity index is 1.52. The summed E-state index contributed by atoms with van der Waals surface area (Å²) in [5.41, 5.74) is 3.43. The van der Waals surface area contributed by atoms with E-state index in [1.54, 1.807) is 36.5 Å². The van der Waals surface area contributed by atoms with Crippen LogP contribution in [0.1, 0.15) is 49.2 Å². The van der Waals surface area contributed by atoms with E-state index in [9.17, 15) is 18.5 Å². The molecule has 0 spiro atoms. The van der Waals surface area contributed by atoms with Crippen LogP contribution in [0.5, 0.6) is 0 Å². The average molecular weight is 490 g/mol. The van der Waals surface area contributed by atoms with Gasteiger partial charge in [-0.15, -0.1) is 0 Å². The Morgan fingerprint density at radius 3 is 2.40 bits per heavy atom. The topological polar surface area (TPSA) is 125 Å². The zero-order chi connectivity index (χ0) is 25.1. The van der Waals surface area contributed by atoms with Gasteiger partial charge in [0.25, 0.3) is 0 Å². The molecule has 1 heterocycles. The summed E-state index contributed by atoms with van der Waals surface area (Å²) in [6.07, 6.45) is 7.22. The van der Waals surface area contributed by atoms with Crippen LogP contribution >= 0.6 is 0 Å². The molecule has 0 radical (unpaired) electrons. The zero-order valence-corrected chi connectivity index (χ0v) is 20.5. The van der Waals surface area contributed by atoms with Gasteiger partial charge in [0.1, 0.15) is 6.07 Å². The van der Waals surface area contributed by atoms with Gasteiger partial charge in [-0.3, -0.25) is 0 Å². The van der Waals surface area contributed by atoms with Crippen molar-refractivity contribution in [2.24, 2.45) is 0 Å². The summed E-state index contributed by atoms with van der Waals surface area (Å²) in [7, 11) is -3.25. The molecule has 0 bridgehead atoms. The van der Waals surface area contributed by atoms with Crippen LogP contribution in [0.15, 0.2) is 59.6 Å². The summed E-state index contributed by atoms with van der Waals surface area (Å²) >= 11 is 0. The highest BCUT2D eigenvalue weighted by atomic mass is 32.2. The first-order valence-electron chi connectivity index (χ1n) is 11.4. The highest BCUT2D eigenvalue weighted by Gasteiger charge is 2.37. The van der Waals surface area contributed by atoms with E-state index in [-0.39, 0.29) is 16.8 Å². The van der Waals surface area contributed by atoms with Gasteiger partial charge in [0.15, 0.2) is 9.84 Å². The molecular weight excluding hydrogens is 462 g/mol. The largest absolute Gasteiger partial charge is 0.327 e. The molecule has 0 aliphatic heterocycles. The minimum atomic E-state index is -3.25. The fourth-order valence-electron chi connectivity index (χ4n) is 4.61. The first-order chi connectivity index (χ1) is 16.7. The quantitative estimate of drug-likeness (QED) is 0.535. The van der Waals surface area contributed by atoms with Gasteiger partial charge in [-0.2, -0.15) is 5.26 Å². The molecule has 8 nitrogen and oxygen atoms in total. The fourth-order valence-corrected chi connectivity index (χ4v) is 5.24. The number of aromatic nitrogens is 2. The van der Waals surface area contributed by atoms with Gasteiger partial charge in [-0.05, 0) is 66.8 Å². The Hall–Kier alpha value is -3.77. The highest BCUT2D eigenvalue weighted by molar-refractivity contribution is 7.90. The number of amides is 2. The Kier molecular flexibility index (Phi) is 6.85. The molecule has 0 atom stereocenters. The van der Waals surface area contributed by atoms with Crippen LogP contribution in [-0.2, 0) is 15.4 Å². The Morgan fingerprint density at radius 2 is 1.77 bits per heavy atom. The monoisotopic (exact) mass is 489 g/mol. The van der Waals surface area contributed by atoms with Gasteiger partial charge in [0.2, 0.25) is 5.82 Å². The van der Waals surface area contributed by atoms with Crippen molar-refractivity contribution in [1.29, 1.82) is 5.26 Å². The molecule has 1 aromatic heterocycles. The number of carbonyl (C=O) groups is 1. The van der Waals surface area contributed by atoms with E-state index in [0.717, 1.165) is 48.8 Å². The van der Waals surface area contributed by atoms with Gasteiger partial charge in [0, 0.05) is 18.1 Å². The number of hydrogen-bond donors (Lipinski definition) is 2. The van der Waals surface area contributed by atoms with Crippen molar-refractivity contribution in [1.82, 2.24) is 15.3 Å². The lowest BCUT2D eigenvalue weighted by molar-refractivity contribution is 0.209. The summed E-state index contributed by atoms with van der Waals surface area (Å²) in [4.78, 5) is 21.6. The van der Waals surface area contributed by atoms with Crippen LogP contribution in [0.25, 0.3) is 11.1 Å². The summed E-state index contributed by atoms with van der Waals surface area (Å²) in [5, 5.41) is 15.3. The molecule has 1 saturated carbocycles.